The average Bonchev–Trinajstić information content (AvgIpc) is 2.86. The molecule has 0 fully saturated rings. The molecule has 1 aromatic heterocycles. The molecule has 2 rings (SSSR count). The Labute approximate surface area is 115 Å². The lowest BCUT2D eigenvalue weighted by Crippen LogP contribution is -2.10. The Balaban J connectivity index is 1.91. The van der Waals surface area contributed by atoms with Crippen LogP contribution in [0.4, 0.5) is 8.78 Å². The highest BCUT2D eigenvalue weighted by atomic mass is 32.1. The second-order valence-corrected chi connectivity index (χ2v) is 5.27. The van der Waals surface area contributed by atoms with E-state index in [1.807, 2.05) is 12.1 Å². The monoisotopic (exact) mass is 283 g/mol. The summed E-state index contributed by atoms with van der Waals surface area (Å²) in [6.07, 6.45) is 0. The topological polar surface area (TPSA) is 21.3 Å². The van der Waals surface area contributed by atoms with Crippen LogP contribution in [0.15, 0.2) is 30.3 Å². The van der Waals surface area contributed by atoms with Crippen molar-refractivity contribution in [2.45, 2.75) is 20.1 Å². The van der Waals surface area contributed by atoms with E-state index in [9.17, 15) is 8.78 Å². The molecule has 1 N–H and O–H groups in total. The molecule has 2 nitrogen and oxygen atoms in total. The second-order valence-electron chi connectivity index (χ2n) is 4.01. The van der Waals surface area contributed by atoms with E-state index in [-0.39, 0.29) is 0 Å². The molecule has 0 saturated carbocycles. The number of benzene rings is 1. The predicted molar refractivity (Wildman–Crippen MR) is 72.4 cm³/mol. The standard InChI is InChI=1S/C14H15F2NOS/c1-2-17-8-11-4-5-12(19-11)9-18-10-3-6-13(15)14(16)7-10/h3-7,17H,2,8-9H2,1H3. The SMILES string of the molecule is CCNCc1ccc(COc2ccc(F)c(F)c2)s1. The van der Waals surface area contributed by atoms with Gasteiger partial charge in [-0.1, -0.05) is 6.92 Å². The Morgan fingerprint density at radius 1 is 1.11 bits per heavy atom. The van der Waals surface area contributed by atoms with Gasteiger partial charge in [-0.05, 0) is 30.8 Å². The summed E-state index contributed by atoms with van der Waals surface area (Å²) in [7, 11) is 0. The van der Waals surface area contributed by atoms with Crippen molar-refractivity contribution in [3.8, 4) is 5.75 Å². The summed E-state index contributed by atoms with van der Waals surface area (Å²) in [5.41, 5.74) is 0. The second kappa shape index (κ2) is 6.63. The molecular weight excluding hydrogens is 268 g/mol. The summed E-state index contributed by atoms with van der Waals surface area (Å²) < 4.78 is 31.2. The number of hydrogen-bond acceptors (Lipinski definition) is 3. The van der Waals surface area contributed by atoms with Crippen molar-refractivity contribution in [3.05, 3.63) is 51.7 Å². The molecule has 1 heterocycles. The number of rotatable bonds is 6. The first-order valence-corrected chi connectivity index (χ1v) is 6.87. The fourth-order valence-electron chi connectivity index (χ4n) is 1.56. The van der Waals surface area contributed by atoms with Gasteiger partial charge in [0.15, 0.2) is 11.6 Å². The summed E-state index contributed by atoms with van der Waals surface area (Å²) in [5, 5.41) is 3.24. The minimum Gasteiger partial charge on any atom is -0.488 e. The van der Waals surface area contributed by atoms with Gasteiger partial charge in [-0.25, -0.2) is 8.78 Å². The van der Waals surface area contributed by atoms with E-state index in [0.29, 0.717) is 12.4 Å². The molecule has 0 unspecified atom stereocenters. The van der Waals surface area contributed by atoms with Gasteiger partial charge < -0.3 is 10.1 Å². The molecule has 0 aliphatic rings. The first kappa shape index (κ1) is 14.0. The highest BCUT2D eigenvalue weighted by Gasteiger charge is 2.05. The fraction of sp³-hybridized carbons (Fsp3) is 0.286. The van der Waals surface area contributed by atoms with Crippen LogP contribution in [0.5, 0.6) is 5.75 Å². The van der Waals surface area contributed by atoms with Crippen LogP contribution in [0.3, 0.4) is 0 Å². The number of nitrogens with one attached hydrogen (secondary N) is 1. The van der Waals surface area contributed by atoms with Crippen molar-refractivity contribution >= 4 is 11.3 Å². The maximum Gasteiger partial charge on any atom is 0.162 e. The van der Waals surface area contributed by atoms with Gasteiger partial charge in [0.05, 0.1) is 0 Å². The van der Waals surface area contributed by atoms with E-state index in [2.05, 4.69) is 12.2 Å². The lowest BCUT2D eigenvalue weighted by Gasteiger charge is -2.04. The Morgan fingerprint density at radius 3 is 2.63 bits per heavy atom. The van der Waals surface area contributed by atoms with Crippen LogP contribution in [0, 0.1) is 11.6 Å². The molecule has 0 bridgehead atoms. The van der Waals surface area contributed by atoms with Crippen LogP contribution in [-0.2, 0) is 13.2 Å². The summed E-state index contributed by atoms with van der Waals surface area (Å²) >= 11 is 1.64. The lowest BCUT2D eigenvalue weighted by atomic mass is 10.3. The van der Waals surface area contributed by atoms with Crippen molar-refractivity contribution in [1.82, 2.24) is 5.32 Å². The number of ether oxygens (including phenoxy) is 1. The van der Waals surface area contributed by atoms with Crippen LogP contribution in [0.2, 0.25) is 0 Å². The van der Waals surface area contributed by atoms with Crippen molar-refractivity contribution in [2.75, 3.05) is 6.54 Å². The van der Waals surface area contributed by atoms with Gasteiger partial charge in [0.2, 0.25) is 0 Å². The van der Waals surface area contributed by atoms with Crippen LogP contribution >= 0.6 is 11.3 Å². The van der Waals surface area contributed by atoms with Crippen molar-refractivity contribution in [3.63, 3.8) is 0 Å². The van der Waals surface area contributed by atoms with Gasteiger partial charge in [0, 0.05) is 22.4 Å². The average molecular weight is 283 g/mol. The molecule has 0 saturated heterocycles. The Bertz CT molecular complexity index is 542. The van der Waals surface area contributed by atoms with E-state index < -0.39 is 11.6 Å². The number of halogens is 2. The van der Waals surface area contributed by atoms with Crippen molar-refractivity contribution in [1.29, 1.82) is 0 Å². The molecule has 5 heteroatoms. The molecule has 1 aromatic carbocycles. The first-order chi connectivity index (χ1) is 9.19. The van der Waals surface area contributed by atoms with Gasteiger partial charge in [-0.3, -0.25) is 0 Å². The summed E-state index contributed by atoms with van der Waals surface area (Å²) in [6, 6.07) is 7.57. The van der Waals surface area contributed by atoms with E-state index in [4.69, 9.17) is 4.74 Å². The molecule has 19 heavy (non-hydrogen) atoms. The molecule has 0 aliphatic heterocycles. The van der Waals surface area contributed by atoms with Gasteiger partial charge in [0.25, 0.3) is 0 Å². The van der Waals surface area contributed by atoms with Gasteiger partial charge in [-0.15, -0.1) is 11.3 Å². The third kappa shape index (κ3) is 4.01. The van der Waals surface area contributed by atoms with Crippen molar-refractivity contribution < 1.29 is 13.5 Å². The summed E-state index contributed by atoms with van der Waals surface area (Å²) in [6.45, 7) is 4.19. The molecular formula is C14H15F2NOS. The maximum atomic E-state index is 13.0. The minimum absolute atomic E-state index is 0.334. The molecule has 0 spiro atoms. The quantitative estimate of drug-likeness (QED) is 0.872. The third-order valence-corrected chi connectivity index (χ3v) is 3.60. The summed E-state index contributed by atoms with van der Waals surface area (Å²) in [4.78, 5) is 2.28. The smallest absolute Gasteiger partial charge is 0.162 e. The lowest BCUT2D eigenvalue weighted by molar-refractivity contribution is 0.307. The molecule has 0 amide bonds. The fourth-order valence-corrected chi connectivity index (χ4v) is 2.47. The zero-order chi connectivity index (χ0) is 13.7. The molecule has 2 aromatic rings. The van der Waals surface area contributed by atoms with E-state index in [1.165, 1.54) is 10.9 Å². The highest BCUT2D eigenvalue weighted by molar-refractivity contribution is 7.11. The third-order valence-electron chi connectivity index (χ3n) is 2.54. The Morgan fingerprint density at radius 2 is 1.89 bits per heavy atom. The largest absolute Gasteiger partial charge is 0.488 e. The first-order valence-electron chi connectivity index (χ1n) is 6.05. The highest BCUT2D eigenvalue weighted by Crippen LogP contribution is 2.20. The van der Waals surface area contributed by atoms with Crippen LogP contribution < -0.4 is 10.1 Å². The molecule has 0 atom stereocenters. The van der Waals surface area contributed by atoms with Crippen LogP contribution in [0.1, 0.15) is 16.7 Å². The van der Waals surface area contributed by atoms with E-state index in [1.54, 1.807) is 11.3 Å². The zero-order valence-corrected chi connectivity index (χ0v) is 11.4. The molecule has 102 valence electrons. The van der Waals surface area contributed by atoms with E-state index >= 15 is 0 Å². The van der Waals surface area contributed by atoms with Crippen molar-refractivity contribution in [2.24, 2.45) is 0 Å². The van der Waals surface area contributed by atoms with Crippen LogP contribution in [-0.4, -0.2) is 6.54 Å². The molecule has 0 radical (unpaired) electrons. The Kier molecular flexibility index (Phi) is 4.87. The number of thiophene rings is 1. The molecule has 0 aliphatic carbocycles. The van der Waals surface area contributed by atoms with Gasteiger partial charge >= 0.3 is 0 Å². The summed E-state index contributed by atoms with van der Waals surface area (Å²) in [5.74, 6) is -1.42. The van der Waals surface area contributed by atoms with Crippen LogP contribution in [0.25, 0.3) is 0 Å². The Hall–Kier alpha value is -1.46. The van der Waals surface area contributed by atoms with Gasteiger partial charge in [-0.2, -0.15) is 0 Å². The van der Waals surface area contributed by atoms with E-state index in [0.717, 1.165) is 30.1 Å². The van der Waals surface area contributed by atoms with Gasteiger partial charge in [0.1, 0.15) is 12.4 Å². The number of hydrogen-bond donors (Lipinski definition) is 1. The normalized spacial score (nSPS) is 10.7. The minimum atomic E-state index is -0.892. The maximum absolute atomic E-state index is 13.0. The zero-order valence-electron chi connectivity index (χ0n) is 10.6. The predicted octanol–water partition coefficient (Wildman–Crippen LogP) is 3.71.